The molecule has 0 saturated carbocycles. The highest BCUT2D eigenvalue weighted by molar-refractivity contribution is 7.99. The topological polar surface area (TPSA) is 54.5 Å². The highest BCUT2D eigenvalue weighted by Gasteiger charge is 2.29. The smallest absolute Gasteiger partial charge is 0.286 e. The molecule has 0 fully saturated rings. The number of amides is 1. The molecule has 1 atom stereocenters. The lowest BCUT2D eigenvalue weighted by atomic mass is 10.2. The summed E-state index contributed by atoms with van der Waals surface area (Å²) in [6.07, 6.45) is 1.70. The zero-order valence-corrected chi connectivity index (χ0v) is 16.9. The van der Waals surface area contributed by atoms with E-state index in [1.54, 1.807) is 18.0 Å². The lowest BCUT2D eigenvalue weighted by Crippen LogP contribution is -3.09. The molecule has 1 aromatic heterocycles. The molecule has 0 unspecified atom stereocenters. The molecule has 0 bridgehead atoms. The molecule has 2 aromatic carbocycles. The maximum Gasteiger partial charge on any atom is 0.286 e. The van der Waals surface area contributed by atoms with Crippen LogP contribution in [-0.4, -0.2) is 33.1 Å². The Morgan fingerprint density at radius 1 is 1.04 bits per heavy atom. The Bertz CT molecular complexity index is 910. The molecule has 0 spiro atoms. The highest BCUT2D eigenvalue weighted by atomic mass is 32.2. The lowest BCUT2D eigenvalue weighted by Gasteiger charge is -2.30. The van der Waals surface area contributed by atoms with Crippen molar-refractivity contribution in [3.05, 3.63) is 72.7 Å². The molecule has 2 heterocycles. The van der Waals surface area contributed by atoms with Gasteiger partial charge >= 0.3 is 0 Å². The van der Waals surface area contributed by atoms with Gasteiger partial charge in [0.1, 0.15) is 6.54 Å². The SMILES string of the molecule is C[NH+](C)[C@@H](C[NH2+]CC(=O)N1c2ccccc2Sc2ccccc21)c1ccco1. The average molecular weight is 396 g/mol. The van der Waals surface area contributed by atoms with E-state index in [1.165, 1.54) is 4.90 Å². The number of rotatable bonds is 6. The zero-order valence-electron chi connectivity index (χ0n) is 16.1. The van der Waals surface area contributed by atoms with Crippen LogP contribution in [0.2, 0.25) is 0 Å². The van der Waals surface area contributed by atoms with Crippen molar-refractivity contribution in [1.82, 2.24) is 0 Å². The number of carbonyl (C=O) groups is 1. The molecule has 1 aliphatic heterocycles. The molecule has 1 aliphatic rings. The fraction of sp³-hybridized carbons (Fsp3) is 0.227. The van der Waals surface area contributed by atoms with Crippen molar-refractivity contribution in [2.75, 3.05) is 32.1 Å². The predicted molar refractivity (Wildman–Crippen MR) is 110 cm³/mol. The van der Waals surface area contributed by atoms with E-state index in [2.05, 4.69) is 31.5 Å². The van der Waals surface area contributed by atoms with Crippen LogP contribution in [-0.2, 0) is 4.79 Å². The van der Waals surface area contributed by atoms with Crippen molar-refractivity contribution < 1.29 is 19.4 Å². The second kappa shape index (κ2) is 8.22. The Balaban J connectivity index is 1.51. The van der Waals surface area contributed by atoms with E-state index in [4.69, 9.17) is 4.42 Å². The molecule has 28 heavy (non-hydrogen) atoms. The van der Waals surface area contributed by atoms with E-state index < -0.39 is 0 Å². The van der Waals surface area contributed by atoms with Crippen molar-refractivity contribution in [2.24, 2.45) is 0 Å². The molecule has 6 heteroatoms. The summed E-state index contributed by atoms with van der Waals surface area (Å²) in [4.78, 5) is 18.6. The zero-order chi connectivity index (χ0) is 19.5. The number of anilines is 2. The van der Waals surface area contributed by atoms with Gasteiger partial charge in [-0.15, -0.1) is 0 Å². The van der Waals surface area contributed by atoms with Gasteiger partial charge in [-0.25, -0.2) is 0 Å². The number of benzene rings is 2. The van der Waals surface area contributed by atoms with Crippen LogP contribution < -0.4 is 15.1 Å². The fourth-order valence-electron chi connectivity index (χ4n) is 3.56. The Hall–Kier alpha value is -2.54. The molecule has 0 aliphatic carbocycles. The maximum atomic E-state index is 13.2. The molecule has 0 radical (unpaired) electrons. The summed E-state index contributed by atoms with van der Waals surface area (Å²) < 4.78 is 5.58. The van der Waals surface area contributed by atoms with Crippen LogP contribution in [0.5, 0.6) is 0 Å². The van der Waals surface area contributed by atoms with E-state index in [0.717, 1.165) is 33.5 Å². The summed E-state index contributed by atoms with van der Waals surface area (Å²) >= 11 is 1.71. The van der Waals surface area contributed by atoms with Crippen LogP contribution >= 0.6 is 11.8 Å². The first-order valence-corrected chi connectivity index (χ1v) is 10.3. The molecular weight excluding hydrogens is 370 g/mol. The summed E-state index contributed by atoms with van der Waals surface area (Å²) in [5.74, 6) is 1.04. The minimum Gasteiger partial charge on any atom is -0.463 e. The largest absolute Gasteiger partial charge is 0.463 e. The first-order valence-electron chi connectivity index (χ1n) is 9.49. The number of quaternary nitrogens is 2. The predicted octanol–water partition coefficient (Wildman–Crippen LogP) is 1.86. The number of para-hydroxylation sites is 2. The molecule has 1 amide bonds. The molecule has 5 nitrogen and oxygen atoms in total. The van der Waals surface area contributed by atoms with Gasteiger partial charge in [-0.2, -0.15) is 0 Å². The summed E-state index contributed by atoms with van der Waals surface area (Å²) in [5, 5.41) is 2.08. The monoisotopic (exact) mass is 395 g/mol. The number of hydrogen-bond donors (Lipinski definition) is 2. The van der Waals surface area contributed by atoms with Crippen molar-refractivity contribution in [3.63, 3.8) is 0 Å². The molecule has 0 saturated heterocycles. The highest BCUT2D eigenvalue weighted by Crippen LogP contribution is 2.47. The van der Waals surface area contributed by atoms with E-state index in [-0.39, 0.29) is 11.9 Å². The van der Waals surface area contributed by atoms with Gasteiger partial charge in [0, 0.05) is 9.79 Å². The van der Waals surface area contributed by atoms with Gasteiger partial charge < -0.3 is 14.6 Å². The van der Waals surface area contributed by atoms with Crippen molar-refractivity contribution in [1.29, 1.82) is 0 Å². The van der Waals surface area contributed by atoms with Gasteiger partial charge in [0.25, 0.3) is 5.91 Å². The van der Waals surface area contributed by atoms with Crippen LogP contribution in [0.4, 0.5) is 11.4 Å². The Kier molecular flexibility index (Phi) is 5.52. The van der Waals surface area contributed by atoms with Gasteiger partial charge in [0.15, 0.2) is 18.3 Å². The minimum atomic E-state index is 0.0900. The summed E-state index contributed by atoms with van der Waals surface area (Å²) in [6, 6.07) is 20.3. The Labute approximate surface area is 169 Å². The van der Waals surface area contributed by atoms with Crippen LogP contribution in [0.3, 0.4) is 0 Å². The molecular formula is C22H25N3O2S+2. The lowest BCUT2D eigenvalue weighted by molar-refractivity contribution is -0.909. The number of nitrogens with two attached hydrogens (primary N) is 1. The van der Waals surface area contributed by atoms with Crippen molar-refractivity contribution in [2.45, 2.75) is 15.8 Å². The van der Waals surface area contributed by atoms with E-state index in [9.17, 15) is 4.79 Å². The number of nitrogens with zero attached hydrogens (tertiary/aromatic N) is 1. The third kappa shape index (κ3) is 3.71. The van der Waals surface area contributed by atoms with Crippen molar-refractivity contribution in [3.8, 4) is 0 Å². The fourth-order valence-corrected chi connectivity index (χ4v) is 4.62. The first kappa shape index (κ1) is 18.8. The number of furan rings is 1. The second-order valence-corrected chi connectivity index (χ2v) is 8.22. The molecule has 3 N–H and O–H groups in total. The van der Waals surface area contributed by atoms with Crippen LogP contribution in [0, 0.1) is 0 Å². The Morgan fingerprint density at radius 2 is 1.68 bits per heavy atom. The summed E-state index contributed by atoms with van der Waals surface area (Å²) in [5.41, 5.74) is 1.93. The third-order valence-electron chi connectivity index (χ3n) is 4.99. The maximum absolute atomic E-state index is 13.2. The standard InChI is InChI=1S/C22H23N3O2S/c1-24(2)18(19-10-7-13-27-19)14-23-15-22(26)25-16-8-3-5-11-20(16)28-21-12-6-4-9-17(21)25/h3-13,18,23H,14-15H2,1-2H3/p+2/t18-/m0/s1. The van der Waals surface area contributed by atoms with Gasteiger partial charge in [0.2, 0.25) is 0 Å². The third-order valence-corrected chi connectivity index (χ3v) is 6.12. The average Bonchev–Trinajstić information content (AvgIpc) is 3.23. The van der Waals surface area contributed by atoms with Gasteiger partial charge in [0.05, 0.1) is 31.7 Å². The summed E-state index contributed by atoms with van der Waals surface area (Å²) in [7, 11) is 4.22. The molecule has 4 rings (SSSR count). The summed E-state index contributed by atoms with van der Waals surface area (Å²) in [6.45, 7) is 1.17. The Morgan fingerprint density at radius 3 is 2.25 bits per heavy atom. The normalized spacial score (nSPS) is 13.9. The van der Waals surface area contributed by atoms with Gasteiger partial charge in [-0.05, 0) is 36.4 Å². The van der Waals surface area contributed by atoms with Crippen molar-refractivity contribution >= 4 is 29.0 Å². The molecule has 144 valence electrons. The number of nitrogens with one attached hydrogen (secondary N) is 1. The molecule has 3 aromatic rings. The van der Waals surface area contributed by atoms with E-state index in [1.807, 2.05) is 53.4 Å². The number of likely N-dealkylation sites (N-methyl/N-ethyl adjacent to an activating group) is 1. The van der Waals surface area contributed by atoms with Crippen LogP contribution in [0.1, 0.15) is 11.8 Å². The van der Waals surface area contributed by atoms with Gasteiger partial charge in [-0.3, -0.25) is 9.69 Å². The minimum absolute atomic E-state index is 0.0900. The van der Waals surface area contributed by atoms with E-state index >= 15 is 0 Å². The van der Waals surface area contributed by atoms with Crippen LogP contribution in [0.25, 0.3) is 0 Å². The van der Waals surface area contributed by atoms with Gasteiger partial charge in [-0.1, -0.05) is 36.0 Å². The first-order chi connectivity index (χ1) is 13.6. The van der Waals surface area contributed by atoms with Crippen LogP contribution in [0.15, 0.2) is 81.1 Å². The quantitative estimate of drug-likeness (QED) is 0.670. The van der Waals surface area contributed by atoms with E-state index in [0.29, 0.717) is 6.54 Å². The second-order valence-electron chi connectivity index (χ2n) is 7.14. The number of carbonyl (C=O) groups excluding carboxylic acids is 1. The number of fused-ring (bicyclic) bond motifs is 2. The number of hydrogen-bond acceptors (Lipinski definition) is 3.